The first-order chi connectivity index (χ1) is 10.1. The van der Waals surface area contributed by atoms with Gasteiger partial charge in [-0.3, -0.25) is 9.67 Å². The second-order valence-electron chi connectivity index (χ2n) is 5.11. The summed E-state index contributed by atoms with van der Waals surface area (Å²) in [5, 5.41) is 16.0. The highest BCUT2D eigenvalue weighted by molar-refractivity contribution is 9.10. The molecule has 4 nitrogen and oxygen atoms in total. The average molecular weight is 346 g/mol. The van der Waals surface area contributed by atoms with E-state index in [0.29, 0.717) is 6.42 Å². The average Bonchev–Trinajstić information content (AvgIpc) is 2.73. The molecule has 1 unspecified atom stereocenters. The Labute approximate surface area is 131 Å². The number of rotatable bonds is 3. The highest BCUT2D eigenvalue weighted by Gasteiger charge is 2.18. The van der Waals surface area contributed by atoms with Gasteiger partial charge in [0.15, 0.2) is 0 Å². The molecule has 3 rings (SSSR count). The summed E-state index contributed by atoms with van der Waals surface area (Å²) in [7, 11) is 1.89. The molecule has 108 valence electrons. The van der Waals surface area contributed by atoms with Crippen molar-refractivity contribution in [3.63, 3.8) is 0 Å². The van der Waals surface area contributed by atoms with Gasteiger partial charge < -0.3 is 5.11 Å². The van der Waals surface area contributed by atoms with Crippen molar-refractivity contribution in [2.75, 3.05) is 0 Å². The molecule has 1 aromatic carbocycles. The van der Waals surface area contributed by atoms with Crippen molar-refractivity contribution in [1.82, 2.24) is 14.8 Å². The van der Waals surface area contributed by atoms with Crippen molar-refractivity contribution in [1.29, 1.82) is 0 Å². The molecule has 0 aliphatic rings. The number of hydrogen-bond acceptors (Lipinski definition) is 3. The summed E-state index contributed by atoms with van der Waals surface area (Å²) in [4.78, 5) is 4.40. The van der Waals surface area contributed by atoms with Crippen LogP contribution in [0.5, 0.6) is 0 Å². The lowest BCUT2D eigenvalue weighted by molar-refractivity contribution is 0.177. The maximum atomic E-state index is 10.6. The maximum absolute atomic E-state index is 10.6. The van der Waals surface area contributed by atoms with Gasteiger partial charge in [0.25, 0.3) is 0 Å². The van der Waals surface area contributed by atoms with Crippen LogP contribution in [0.4, 0.5) is 0 Å². The summed E-state index contributed by atoms with van der Waals surface area (Å²) in [6.07, 6.45) is 1.63. The van der Waals surface area contributed by atoms with E-state index in [2.05, 4.69) is 26.0 Å². The fourth-order valence-electron chi connectivity index (χ4n) is 2.59. The molecule has 0 aliphatic heterocycles. The summed E-state index contributed by atoms with van der Waals surface area (Å²) >= 11 is 3.54. The van der Waals surface area contributed by atoms with Crippen LogP contribution in [0.3, 0.4) is 0 Å². The molecule has 0 amide bonds. The van der Waals surface area contributed by atoms with Crippen molar-refractivity contribution < 1.29 is 5.11 Å². The molecule has 0 radical (unpaired) electrons. The number of aliphatic hydroxyl groups is 1. The van der Waals surface area contributed by atoms with Gasteiger partial charge in [0, 0.05) is 30.6 Å². The van der Waals surface area contributed by atoms with Gasteiger partial charge in [-0.2, -0.15) is 5.10 Å². The van der Waals surface area contributed by atoms with Crippen molar-refractivity contribution >= 4 is 26.8 Å². The minimum Gasteiger partial charge on any atom is -0.388 e. The van der Waals surface area contributed by atoms with E-state index in [1.807, 2.05) is 44.3 Å². The van der Waals surface area contributed by atoms with E-state index in [0.717, 1.165) is 32.3 Å². The Morgan fingerprint density at radius 3 is 2.76 bits per heavy atom. The Balaban J connectivity index is 1.99. The third-order valence-corrected chi connectivity index (χ3v) is 4.70. The van der Waals surface area contributed by atoms with Gasteiger partial charge in [-0.25, -0.2) is 0 Å². The van der Waals surface area contributed by atoms with Crippen LogP contribution in [-0.2, 0) is 13.5 Å². The molecule has 2 heterocycles. The van der Waals surface area contributed by atoms with Crippen LogP contribution in [0.15, 0.2) is 41.0 Å². The number of para-hydroxylation sites is 1. The number of aliphatic hydroxyl groups excluding tert-OH is 1. The Morgan fingerprint density at radius 1 is 1.29 bits per heavy atom. The van der Waals surface area contributed by atoms with Gasteiger partial charge in [0.2, 0.25) is 0 Å². The van der Waals surface area contributed by atoms with Crippen LogP contribution < -0.4 is 0 Å². The number of aromatic nitrogens is 3. The first-order valence-electron chi connectivity index (χ1n) is 6.77. The Kier molecular flexibility index (Phi) is 3.78. The Hall–Kier alpha value is -1.72. The molecule has 21 heavy (non-hydrogen) atoms. The van der Waals surface area contributed by atoms with Crippen LogP contribution >= 0.6 is 15.9 Å². The normalized spacial score (nSPS) is 12.8. The first-order valence-corrected chi connectivity index (χ1v) is 7.57. The number of nitrogens with zero attached hydrogens (tertiary/aromatic N) is 3. The van der Waals surface area contributed by atoms with Crippen molar-refractivity contribution in [3.8, 4) is 0 Å². The molecule has 0 spiro atoms. The number of benzene rings is 1. The minimum atomic E-state index is -0.616. The third kappa shape index (κ3) is 2.59. The van der Waals surface area contributed by atoms with Gasteiger partial charge >= 0.3 is 0 Å². The fraction of sp³-hybridized carbons (Fsp3) is 0.250. The lowest BCUT2D eigenvalue weighted by Crippen LogP contribution is -2.07. The topological polar surface area (TPSA) is 50.9 Å². The molecule has 1 N–H and O–H groups in total. The lowest BCUT2D eigenvalue weighted by atomic mass is 10.0. The second kappa shape index (κ2) is 5.58. The van der Waals surface area contributed by atoms with Crippen LogP contribution in [0.25, 0.3) is 10.9 Å². The molecule has 5 heteroatoms. The van der Waals surface area contributed by atoms with Gasteiger partial charge in [0.1, 0.15) is 0 Å². The van der Waals surface area contributed by atoms with E-state index >= 15 is 0 Å². The number of fused-ring (bicyclic) bond motifs is 1. The first kappa shape index (κ1) is 14.2. The molecule has 2 aromatic heterocycles. The predicted molar refractivity (Wildman–Crippen MR) is 86.1 cm³/mol. The second-order valence-corrected chi connectivity index (χ2v) is 5.90. The zero-order valence-electron chi connectivity index (χ0n) is 11.9. The standard InChI is InChI=1S/C16H16BrN3O/c1-10-15(17)13(20(2)19-10)9-14(21)12-7-3-5-11-6-4-8-18-16(11)12/h3-8,14,21H,9H2,1-2H3. The SMILES string of the molecule is Cc1nn(C)c(CC(O)c2cccc3cccnc23)c1Br. The van der Waals surface area contributed by atoms with Crippen LogP contribution in [0.2, 0.25) is 0 Å². The van der Waals surface area contributed by atoms with E-state index in [9.17, 15) is 5.11 Å². The van der Waals surface area contributed by atoms with Crippen LogP contribution in [0.1, 0.15) is 23.1 Å². The zero-order chi connectivity index (χ0) is 15.0. The predicted octanol–water partition coefficient (Wildman–Crippen LogP) is 3.32. The highest BCUT2D eigenvalue weighted by atomic mass is 79.9. The van der Waals surface area contributed by atoms with Crippen molar-refractivity contribution in [2.45, 2.75) is 19.4 Å². The van der Waals surface area contributed by atoms with Gasteiger partial charge in [-0.1, -0.05) is 24.3 Å². The van der Waals surface area contributed by atoms with Crippen molar-refractivity contribution in [2.24, 2.45) is 7.05 Å². The minimum absolute atomic E-state index is 0.494. The summed E-state index contributed by atoms with van der Waals surface area (Å²) in [5.41, 5.74) is 3.60. The fourth-order valence-corrected chi connectivity index (χ4v) is 3.09. The highest BCUT2D eigenvalue weighted by Crippen LogP contribution is 2.28. The monoisotopic (exact) mass is 345 g/mol. The number of halogens is 1. The largest absolute Gasteiger partial charge is 0.388 e. The molecule has 1 atom stereocenters. The van der Waals surface area contributed by atoms with Crippen LogP contribution in [0, 0.1) is 6.92 Å². The van der Waals surface area contributed by atoms with E-state index in [4.69, 9.17) is 0 Å². The molecule has 0 aliphatic carbocycles. The maximum Gasteiger partial charge on any atom is 0.0866 e. The quantitative estimate of drug-likeness (QED) is 0.792. The van der Waals surface area contributed by atoms with Gasteiger partial charge in [-0.15, -0.1) is 0 Å². The molecule has 0 bridgehead atoms. The smallest absolute Gasteiger partial charge is 0.0866 e. The molecule has 0 fully saturated rings. The summed E-state index contributed by atoms with van der Waals surface area (Å²) < 4.78 is 2.76. The summed E-state index contributed by atoms with van der Waals surface area (Å²) in [6, 6.07) is 9.79. The summed E-state index contributed by atoms with van der Waals surface area (Å²) in [5.74, 6) is 0. The van der Waals surface area contributed by atoms with E-state index in [1.165, 1.54) is 0 Å². The number of pyridine rings is 1. The Bertz CT molecular complexity index is 792. The summed E-state index contributed by atoms with van der Waals surface area (Å²) in [6.45, 7) is 1.94. The van der Waals surface area contributed by atoms with E-state index in [1.54, 1.807) is 10.9 Å². The number of hydrogen-bond donors (Lipinski definition) is 1. The molecular formula is C16H16BrN3O. The van der Waals surface area contributed by atoms with Gasteiger partial charge in [-0.05, 0) is 28.9 Å². The third-order valence-electron chi connectivity index (χ3n) is 3.67. The molecule has 0 saturated carbocycles. The van der Waals surface area contributed by atoms with E-state index < -0.39 is 6.10 Å². The lowest BCUT2D eigenvalue weighted by Gasteiger charge is -2.13. The number of aryl methyl sites for hydroxylation is 2. The molecule has 0 saturated heterocycles. The molecular weight excluding hydrogens is 330 g/mol. The molecule has 3 aromatic rings. The Morgan fingerprint density at radius 2 is 2.05 bits per heavy atom. The van der Waals surface area contributed by atoms with Gasteiger partial charge in [0.05, 0.1) is 27.5 Å². The van der Waals surface area contributed by atoms with E-state index in [-0.39, 0.29) is 0 Å². The van der Waals surface area contributed by atoms with Crippen molar-refractivity contribution in [3.05, 3.63) is 58.0 Å². The van der Waals surface area contributed by atoms with Crippen LogP contribution in [-0.4, -0.2) is 19.9 Å². The zero-order valence-corrected chi connectivity index (χ0v) is 13.5.